The Kier molecular flexibility index (Phi) is 3.37. The van der Waals surface area contributed by atoms with E-state index in [0.29, 0.717) is 12.6 Å². The lowest BCUT2D eigenvalue weighted by molar-refractivity contribution is -0.0852. The van der Waals surface area contributed by atoms with Crippen molar-refractivity contribution in [2.24, 2.45) is 0 Å². The highest BCUT2D eigenvalue weighted by Gasteiger charge is 2.42. The van der Waals surface area contributed by atoms with E-state index in [1.54, 1.807) is 7.11 Å². The van der Waals surface area contributed by atoms with E-state index in [0.717, 1.165) is 37.4 Å². The van der Waals surface area contributed by atoms with Crippen LogP contribution in [0.1, 0.15) is 30.9 Å². The van der Waals surface area contributed by atoms with E-state index < -0.39 is 0 Å². The molecule has 0 bridgehead atoms. The van der Waals surface area contributed by atoms with Crippen LogP contribution in [0.2, 0.25) is 0 Å². The normalized spacial score (nSPS) is 29.7. The number of hydrogen-bond donors (Lipinski definition) is 1. The maximum absolute atomic E-state index is 6.27. The van der Waals surface area contributed by atoms with Gasteiger partial charge in [-0.2, -0.15) is 0 Å². The molecule has 2 unspecified atom stereocenters. The summed E-state index contributed by atoms with van der Waals surface area (Å²) in [6.07, 6.45) is 3.09. The number of fused-ring (bicyclic) bond motifs is 1. The van der Waals surface area contributed by atoms with Crippen LogP contribution in [0.4, 0.5) is 0 Å². The summed E-state index contributed by atoms with van der Waals surface area (Å²) in [5, 5.41) is 3.39. The Morgan fingerprint density at radius 1 is 1.42 bits per heavy atom. The molecular weight excluding hydrogens is 242 g/mol. The molecule has 1 N–H and O–H groups in total. The minimum atomic E-state index is -0.159. The quantitative estimate of drug-likeness (QED) is 0.888. The van der Waals surface area contributed by atoms with Crippen LogP contribution in [0, 0.1) is 0 Å². The van der Waals surface area contributed by atoms with Gasteiger partial charge < -0.3 is 19.5 Å². The lowest BCUT2D eigenvalue weighted by atomic mass is 9.83. The number of ether oxygens (including phenoxy) is 3. The van der Waals surface area contributed by atoms with Crippen LogP contribution in [0.15, 0.2) is 18.2 Å². The smallest absolute Gasteiger partial charge is 0.134 e. The van der Waals surface area contributed by atoms with Gasteiger partial charge in [0.25, 0.3) is 0 Å². The number of rotatable bonds is 2. The summed E-state index contributed by atoms with van der Waals surface area (Å²) < 4.78 is 17.2. The van der Waals surface area contributed by atoms with Gasteiger partial charge in [0.2, 0.25) is 0 Å². The standard InChI is InChI=1S/C15H21NO3/c1-16-13-9-15(6-3-7-18-10-15)19-14-5-4-11(17-2)8-12(13)14/h4-5,8,13,16H,3,6-7,9-10H2,1-2H3. The number of methoxy groups -OCH3 is 1. The van der Waals surface area contributed by atoms with Crippen molar-refractivity contribution in [3.05, 3.63) is 23.8 Å². The molecule has 0 aromatic heterocycles. The number of benzene rings is 1. The first-order chi connectivity index (χ1) is 9.26. The Bertz CT molecular complexity index is 455. The van der Waals surface area contributed by atoms with E-state index in [1.807, 2.05) is 19.2 Å². The van der Waals surface area contributed by atoms with Crippen LogP contribution in [0.5, 0.6) is 11.5 Å². The molecule has 1 saturated heterocycles. The molecule has 1 aromatic carbocycles. The molecule has 2 aliphatic heterocycles. The second-order valence-electron chi connectivity index (χ2n) is 5.39. The molecule has 4 nitrogen and oxygen atoms in total. The highest BCUT2D eigenvalue weighted by atomic mass is 16.5. The van der Waals surface area contributed by atoms with Crippen molar-refractivity contribution in [2.75, 3.05) is 27.4 Å². The molecule has 4 heteroatoms. The van der Waals surface area contributed by atoms with Crippen LogP contribution >= 0.6 is 0 Å². The van der Waals surface area contributed by atoms with Gasteiger partial charge in [-0.3, -0.25) is 0 Å². The summed E-state index contributed by atoms with van der Waals surface area (Å²) >= 11 is 0. The fourth-order valence-corrected chi connectivity index (χ4v) is 3.10. The highest BCUT2D eigenvalue weighted by Crippen LogP contribution is 2.44. The molecule has 3 rings (SSSR count). The molecule has 0 radical (unpaired) electrons. The molecule has 1 fully saturated rings. The van der Waals surface area contributed by atoms with Crippen molar-refractivity contribution in [1.82, 2.24) is 5.32 Å². The predicted octanol–water partition coefficient (Wildman–Crippen LogP) is 2.29. The maximum atomic E-state index is 6.27. The van der Waals surface area contributed by atoms with Gasteiger partial charge in [0.05, 0.1) is 13.7 Å². The molecule has 104 valence electrons. The zero-order chi connectivity index (χ0) is 13.3. The van der Waals surface area contributed by atoms with Gasteiger partial charge in [-0.25, -0.2) is 0 Å². The largest absolute Gasteiger partial charge is 0.497 e. The third-order valence-electron chi connectivity index (χ3n) is 4.13. The van der Waals surface area contributed by atoms with Crippen LogP contribution in [-0.2, 0) is 4.74 Å². The zero-order valence-electron chi connectivity index (χ0n) is 11.6. The minimum absolute atomic E-state index is 0.159. The molecule has 2 aliphatic rings. The van der Waals surface area contributed by atoms with Crippen LogP contribution in [0.3, 0.4) is 0 Å². The van der Waals surface area contributed by atoms with Crippen molar-refractivity contribution in [2.45, 2.75) is 30.9 Å². The van der Waals surface area contributed by atoms with E-state index in [-0.39, 0.29) is 5.60 Å². The molecule has 2 heterocycles. The highest BCUT2D eigenvalue weighted by molar-refractivity contribution is 5.44. The Hall–Kier alpha value is -1.26. The van der Waals surface area contributed by atoms with Crippen molar-refractivity contribution < 1.29 is 14.2 Å². The summed E-state index contributed by atoms with van der Waals surface area (Å²) in [5.74, 6) is 1.83. The van der Waals surface area contributed by atoms with Gasteiger partial charge in [-0.15, -0.1) is 0 Å². The zero-order valence-corrected chi connectivity index (χ0v) is 11.6. The Morgan fingerprint density at radius 3 is 3.00 bits per heavy atom. The van der Waals surface area contributed by atoms with E-state index >= 15 is 0 Å². The number of nitrogens with one attached hydrogen (secondary N) is 1. The maximum Gasteiger partial charge on any atom is 0.134 e. The summed E-state index contributed by atoms with van der Waals surface area (Å²) in [4.78, 5) is 0. The average molecular weight is 263 g/mol. The van der Waals surface area contributed by atoms with Crippen LogP contribution in [0.25, 0.3) is 0 Å². The predicted molar refractivity (Wildman–Crippen MR) is 72.8 cm³/mol. The molecule has 0 saturated carbocycles. The topological polar surface area (TPSA) is 39.7 Å². The van der Waals surface area contributed by atoms with Gasteiger partial charge in [-0.1, -0.05) is 0 Å². The van der Waals surface area contributed by atoms with E-state index in [2.05, 4.69) is 11.4 Å². The van der Waals surface area contributed by atoms with E-state index in [4.69, 9.17) is 14.2 Å². The lowest BCUT2D eigenvalue weighted by Gasteiger charge is -2.44. The monoisotopic (exact) mass is 263 g/mol. The third-order valence-corrected chi connectivity index (χ3v) is 4.13. The van der Waals surface area contributed by atoms with Crippen molar-refractivity contribution >= 4 is 0 Å². The second-order valence-corrected chi connectivity index (χ2v) is 5.39. The van der Waals surface area contributed by atoms with E-state index in [1.165, 1.54) is 5.56 Å². The Balaban J connectivity index is 1.94. The van der Waals surface area contributed by atoms with Gasteiger partial charge in [0.1, 0.15) is 17.1 Å². The molecule has 19 heavy (non-hydrogen) atoms. The van der Waals surface area contributed by atoms with Gasteiger partial charge in [0, 0.05) is 24.6 Å². The second kappa shape index (κ2) is 5.02. The van der Waals surface area contributed by atoms with Gasteiger partial charge in [0.15, 0.2) is 0 Å². The molecule has 0 amide bonds. The molecule has 1 aromatic rings. The molecule has 1 spiro atoms. The molecule has 2 atom stereocenters. The fraction of sp³-hybridized carbons (Fsp3) is 0.600. The summed E-state index contributed by atoms with van der Waals surface area (Å²) in [5.41, 5.74) is 1.02. The Morgan fingerprint density at radius 2 is 2.32 bits per heavy atom. The number of hydrogen-bond acceptors (Lipinski definition) is 4. The summed E-state index contributed by atoms with van der Waals surface area (Å²) in [6.45, 7) is 1.54. The summed E-state index contributed by atoms with van der Waals surface area (Å²) in [6, 6.07) is 6.32. The molecular formula is C15H21NO3. The summed E-state index contributed by atoms with van der Waals surface area (Å²) in [7, 11) is 3.69. The van der Waals surface area contributed by atoms with Crippen molar-refractivity contribution in [3.63, 3.8) is 0 Å². The van der Waals surface area contributed by atoms with Gasteiger partial charge >= 0.3 is 0 Å². The fourth-order valence-electron chi connectivity index (χ4n) is 3.10. The van der Waals surface area contributed by atoms with Crippen LogP contribution < -0.4 is 14.8 Å². The van der Waals surface area contributed by atoms with Crippen LogP contribution in [-0.4, -0.2) is 33.0 Å². The lowest BCUT2D eigenvalue weighted by Crippen LogP contribution is -2.49. The first-order valence-corrected chi connectivity index (χ1v) is 6.88. The average Bonchev–Trinajstić information content (AvgIpc) is 2.47. The first kappa shape index (κ1) is 12.8. The van der Waals surface area contributed by atoms with E-state index in [9.17, 15) is 0 Å². The minimum Gasteiger partial charge on any atom is -0.497 e. The molecule has 0 aliphatic carbocycles. The third kappa shape index (κ3) is 2.30. The SMILES string of the molecule is CNC1CC2(CCCOC2)Oc2ccc(OC)cc21. The Labute approximate surface area is 114 Å². The van der Waals surface area contributed by atoms with Gasteiger partial charge in [-0.05, 0) is 38.1 Å². The first-order valence-electron chi connectivity index (χ1n) is 6.88. The van der Waals surface area contributed by atoms with Crippen molar-refractivity contribution in [1.29, 1.82) is 0 Å². The van der Waals surface area contributed by atoms with Crippen molar-refractivity contribution in [3.8, 4) is 11.5 Å².